The van der Waals surface area contributed by atoms with E-state index >= 15 is 0 Å². The van der Waals surface area contributed by atoms with Crippen molar-refractivity contribution in [3.8, 4) is 5.75 Å². The van der Waals surface area contributed by atoms with Crippen LogP contribution in [0.5, 0.6) is 5.75 Å². The van der Waals surface area contributed by atoms with Gasteiger partial charge in [0, 0.05) is 11.3 Å². The number of benzene rings is 3. The van der Waals surface area contributed by atoms with Crippen molar-refractivity contribution in [2.45, 2.75) is 19.9 Å². The lowest BCUT2D eigenvalue weighted by Crippen LogP contribution is -2.31. The second-order valence-corrected chi connectivity index (χ2v) is 5.75. The summed E-state index contributed by atoms with van der Waals surface area (Å²) in [4.78, 5) is 2.29. The van der Waals surface area contributed by atoms with Gasteiger partial charge in [0.2, 0.25) is 0 Å². The fraction of sp³-hybridized carbons (Fsp3) is 0.200. The number of fused-ring (bicyclic) bond motifs is 3. The van der Waals surface area contributed by atoms with Gasteiger partial charge >= 0.3 is 0 Å². The maximum Gasteiger partial charge on any atom is 0.161 e. The lowest BCUT2D eigenvalue weighted by Gasteiger charge is -2.31. The number of rotatable bonds is 2. The molecule has 0 N–H and O–H groups in total. The zero-order valence-corrected chi connectivity index (χ0v) is 12.8. The van der Waals surface area contributed by atoms with Gasteiger partial charge in [0.1, 0.15) is 5.75 Å². The highest BCUT2D eigenvalue weighted by Crippen LogP contribution is 2.33. The highest BCUT2D eigenvalue weighted by Gasteiger charge is 2.19. The first-order valence-electron chi connectivity index (χ1n) is 7.82. The molecule has 0 atom stereocenters. The van der Waals surface area contributed by atoms with Crippen LogP contribution in [0, 0.1) is 0 Å². The molecule has 4 rings (SSSR count). The molecule has 0 bridgehead atoms. The largest absolute Gasteiger partial charge is 0.473 e. The second kappa shape index (κ2) is 5.38. The lowest BCUT2D eigenvalue weighted by molar-refractivity contribution is 0.290. The van der Waals surface area contributed by atoms with E-state index in [2.05, 4.69) is 72.5 Å². The zero-order chi connectivity index (χ0) is 14.9. The minimum atomic E-state index is 0.608. The second-order valence-electron chi connectivity index (χ2n) is 5.75. The first kappa shape index (κ1) is 13.2. The molecule has 2 heteroatoms. The predicted octanol–water partition coefficient (Wildman–Crippen LogP) is 4.76. The molecule has 3 aromatic carbocycles. The van der Waals surface area contributed by atoms with Gasteiger partial charge in [-0.05, 0) is 41.0 Å². The number of aryl methyl sites for hydroxylation is 1. The lowest BCUT2D eigenvalue weighted by atomic mass is 10.0. The van der Waals surface area contributed by atoms with Crippen molar-refractivity contribution in [1.29, 1.82) is 0 Å². The molecule has 0 radical (unpaired) electrons. The number of ether oxygens (including phenoxy) is 1. The standard InChI is InChI=1S/C20H19NO/c1-2-15-7-10-17(11-8-15)21-13-19-18-6-4-3-5-16(18)9-12-20(19)22-14-21/h3-12H,2,13-14H2,1H3. The maximum atomic E-state index is 5.98. The minimum absolute atomic E-state index is 0.608. The molecule has 0 fully saturated rings. The Morgan fingerprint density at radius 1 is 0.955 bits per heavy atom. The fourth-order valence-electron chi connectivity index (χ4n) is 3.11. The highest BCUT2D eigenvalue weighted by atomic mass is 16.5. The van der Waals surface area contributed by atoms with Gasteiger partial charge in [0.15, 0.2) is 6.73 Å². The summed E-state index contributed by atoms with van der Waals surface area (Å²) >= 11 is 0. The molecule has 2 nitrogen and oxygen atoms in total. The van der Waals surface area contributed by atoms with Gasteiger partial charge in [-0.15, -0.1) is 0 Å². The van der Waals surface area contributed by atoms with Crippen LogP contribution in [0.4, 0.5) is 5.69 Å². The van der Waals surface area contributed by atoms with Crippen LogP contribution in [0.3, 0.4) is 0 Å². The third-order valence-corrected chi connectivity index (χ3v) is 4.43. The van der Waals surface area contributed by atoms with Gasteiger partial charge in [0.05, 0.1) is 6.54 Å². The summed E-state index contributed by atoms with van der Waals surface area (Å²) in [6, 6.07) is 21.5. The molecule has 0 amide bonds. The Morgan fingerprint density at radius 3 is 2.59 bits per heavy atom. The monoisotopic (exact) mass is 289 g/mol. The molecule has 1 aliphatic rings. The van der Waals surface area contributed by atoms with E-state index in [9.17, 15) is 0 Å². The molecule has 1 heterocycles. The van der Waals surface area contributed by atoms with Gasteiger partial charge in [0.25, 0.3) is 0 Å². The van der Waals surface area contributed by atoms with Crippen molar-refractivity contribution < 1.29 is 4.74 Å². The maximum absolute atomic E-state index is 5.98. The highest BCUT2D eigenvalue weighted by molar-refractivity contribution is 5.88. The number of hydrogen-bond acceptors (Lipinski definition) is 2. The van der Waals surface area contributed by atoms with E-state index in [0.29, 0.717) is 6.73 Å². The van der Waals surface area contributed by atoms with Crippen LogP contribution in [0.2, 0.25) is 0 Å². The summed E-state index contributed by atoms with van der Waals surface area (Å²) in [7, 11) is 0. The van der Waals surface area contributed by atoms with E-state index in [1.165, 1.54) is 27.6 Å². The topological polar surface area (TPSA) is 12.5 Å². The van der Waals surface area contributed by atoms with E-state index in [4.69, 9.17) is 4.74 Å². The van der Waals surface area contributed by atoms with Crippen LogP contribution in [0.15, 0.2) is 60.7 Å². The van der Waals surface area contributed by atoms with Gasteiger partial charge in [-0.2, -0.15) is 0 Å². The molecule has 0 aromatic heterocycles. The minimum Gasteiger partial charge on any atom is -0.473 e. The molecule has 3 aromatic rings. The number of nitrogens with zero attached hydrogens (tertiary/aromatic N) is 1. The third-order valence-electron chi connectivity index (χ3n) is 4.43. The predicted molar refractivity (Wildman–Crippen MR) is 91.4 cm³/mol. The Morgan fingerprint density at radius 2 is 1.77 bits per heavy atom. The van der Waals surface area contributed by atoms with E-state index in [-0.39, 0.29) is 0 Å². The zero-order valence-electron chi connectivity index (χ0n) is 12.8. The van der Waals surface area contributed by atoms with Crippen molar-refractivity contribution in [3.05, 3.63) is 71.8 Å². The molecule has 0 spiro atoms. The Kier molecular flexibility index (Phi) is 3.23. The summed E-state index contributed by atoms with van der Waals surface area (Å²) in [5, 5.41) is 2.56. The summed E-state index contributed by atoms with van der Waals surface area (Å²) < 4.78 is 5.98. The molecule has 0 saturated carbocycles. The Labute approximate surface area is 130 Å². The summed E-state index contributed by atoms with van der Waals surface area (Å²) in [5.41, 5.74) is 3.87. The molecule has 22 heavy (non-hydrogen) atoms. The molecule has 1 aliphatic heterocycles. The molecule has 0 aliphatic carbocycles. The first-order chi connectivity index (χ1) is 10.8. The molecule has 0 saturated heterocycles. The third kappa shape index (κ3) is 2.21. The van der Waals surface area contributed by atoms with Crippen molar-refractivity contribution in [1.82, 2.24) is 0 Å². The van der Waals surface area contributed by atoms with Crippen molar-refractivity contribution in [2.24, 2.45) is 0 Å². The normalized spacial score (nSPS) is 13.8. The Balaban J connectivity index is 1.71. The number of hydrogen-bond donors (Lipinski definition) is 0. The summed E-state index contributed by atoms with van der Waals surface area (Å²) in [6.45, 7) is 3.68. The van der Waals surface area contributed by atoms with E-state index in [1.54, 1.807) is 0 Å². The first-order valence-corrected chi connectivity index (χ1v) is 7.82. The number of anilines is 1. The van der Waals surface area contributed by atoms with Gasteiger partial charge in [-0.3, -0.25) is 0 Å². The van der Waals surface area contributed by atoms with Gasteiger partial charge in [-0.25, -0.2) is 0 Å². The Hall–Kier alpha value is -2.48. The smallest absolute Gasteiger partial charge is 0.161 e. The summed E-state index contributed by atoms with van der Waals surface area (Å²) in [6.07, 6.45) is 1.07. The van der Waals surface area contributed by atoms with E-state index in [0.717, 1.165) is 18.7 Å². The van der Waals surface area contributed by atoms with Crippen LogP contribution < -0.4 is 9.64 Å². The molecular formula is C20H19NO. The fourth-order valence-corrected chi connectivity index (χ4v) is 3.11. The van der Waals surface area contributed by atoms with Crippen molar-refractivity contribution >= 4 is 16.5 Å². The average molecular weight is 289 g/mol. The van der Waals surface area contributed by atoms with E-state index < -0.39 is 0 Å². The summed E-state index contributed by atoms with van der Waals surface area (Å²) in [5.74, 6) is 1.01. The van der Waals surface area contributed by atoms with Crippen LogP contribution in [-0.2, 0) is 13.0 Å². The van der Waals surface area contributed by atoms with Gasteiger partial charge < -0.3 is 9.64 Å². The quantitative estimate of drug-likeness (QED) is 0.674. The van der Waals surface area contributed by atoms with Crippen LogP contribution >= 0.6 is 0 Å². The molecular weight excluding hydrogens is 270 g/mol. The average Bonchev–Trinajstić information content (AvgIpc) is 2.61. The molecule has 0 unspecified atom stereocenters. The van der Waals surface area contributed by atoms with Crippen LogP contribution in [0.1, 0.15) is 18.1 Å². The van der Waals surface area contributed by atoms with Crippen molar-refractivity contribution in [2.75, 3.05) is 11.6 Å². The van der Waals surface area contributed by atoms with Crippen LogP contribution in [0.25, 0.3) is 10.8 Å². The van der Waals surface area contributed by atoms with E-state index in [1.807, 2.05) is 0 Å². The van der Waals surface area contributed by atoms with Crippen LogP contribution in [-0.4, -0.2) is 6.73 Å². The van der Waals surface area contributed by atoms with Crippen molar-refractivity contribution in [3.63, 3.8) is 0 Å². The SMILES string of the molecule is CCc1ccc(N2COc3ccc4ccccc4c3C2)cc1. The molecule has 110 valence electrons. The van der Waals surface area contributed by atoms with Gasteiger partial charge in [-0.1, -0.05) is 49.4 Å². The Bertz CT molecular complexity index is 808.